The Hall–Kier alpha value is -2.99. The zero-order valence-electron chi connectivity index (χ0n) is 23.1. The van der Waals surface area contributed by atoms with Gasteiger partial charge in [0.25, 0.3) is 0 Å². The highest BCUT2D eigenvalue weighted by molar-refractivity contribution is 8.04. The Morgan fingerprint density at radius 2 is 2.12 bits per heavy atom. The van der Waals surface area contributed by atoms with E-state index in [-0.39, 0.29) is 30.2 Å². The molecular formula is C30H32ClFN4O5S. The smallest absolute Gasteiger partial charge is 0.341 e. The molecular weight excluding hydrogens is 583 g/mol. The third-order valence-corrected chi connectivity index (χ3v) is 10.0. The lowest BCUT2D eigenvalue weighted by Gasteiger charge is -2.43. The summed E-state index contributed by atoms with van der Waals surface area (Å²) in [5.41, 5.74) is 1.35. The molecule has 1 N–H and O–H groups in total. The number of carboxylic acid groups (broad SMARTS) is 1. The van der Waals surface area contributed by atoms with Gasteiger partial charge < -0.3 is 29.1 Å². The fourth-order valence-electron chi connectivity index (χ4n) is 6.22. The summed E-state index contributed by atoms with van der Waals surface area (Å²) >= 11 is 7.29. The van der Waals surface area contributed by atoms with Crippen molar-refractivity contribution in [1.82, 2.24) is 9.80 Å². The Labute approximate surface area is 252 Å². The van der Waals surface area contributed by atoms with Gasteiger partial charge >= 0.3 is 5.97 Å². The molecule has 2 unspecified atom stereocenters. The molecule has 0 saturated carbocycles. The van der Waals surface area contributed by atoms with Crippen LogP contribution in [0.1, 0.15) is 25.0 Å². The van der Waals surface area contributed by atoms with E-state index in [0.717, 1.165) is 50.7 Å². The first kappa shape index (κ1) is 27.8. The first-order chi connectivity index (χ1) is 20.3. The first-order valence-electron chi connectivity index (χ1n) is 14.3. The van der Waals surface area contributed by atoms with Gasteiger partial charge in [-0.15, -0.1) is 0 Å². The van der Waals surface area contributed by atoms with E-state index in [1.54, 1.807) is 12.1 Å². The number of aliphatic carboxylic acids is 1. The van der Waals surface area contributed by atoms with E-state index in [9.17, 15) is 14.3 Å². The van der Waals surface area contributed by atoms with Crippen LogP contribution in [0.2, 0.25) is 5.02 Å². The number of anilines is 1. The number of nitrogens with zero attached hydrogens (tertiary/aromatic N) is 4. The van der Waals surface area contributed by atoms with E-state index in [1.165, 1.54) is 17.8 Å². The maximum atomic E-state index is 14.7. The van der Waals surface area contributed by atoms with Gasteiger partial charge in [0, 0.05) is 49.4 Å². The highest BCUT2D eigenvalue weighted by Gasteiger charge is 2.44. The van der Waals surface area contributed by atoms with E-state index < -0.39 is 17.9 Å². The van der Waals surface area contributed by atoms with Crippen LogP contribution in [-0.4, -0.2) is 96.2 Å². The number of para-hydroxylation sites is 1. The lowest BCUT2D eigenvalue weighted by molar-refractivity contribution is -0.131. The average molecular weight is 615 g/mol. The summed E-state index contributed by atoms with van der Waals surface area (Å²) in [5.74, 6) is 0.972. The number of halogens is 2. The molecule has 12 heteroatoms. The summed E-state index contributed by atoms with van der Waals surface area (Å²) in [7, 11) is 0. The predicted octanol–water partition coefficient (Wildman–Crippen LogP) is 4.42. The topological polar surface area (TPSA) is 87.1 Å². The van der Waals surface area contributed by atoms with Gasteiger partial charge in [-0.1, -0.05) is 35.5 Å². The molecule has 7 rings (SSSR count). The third kappa shape index (κ3) is 5.21. The molecule has 222 valence electrons. The van der Waals surface area contributed by atoms with Gasteiger partial charge in [0.2, 0.25) is 0 Å². The minimum absolute atomic E-state index is 0.0525. The number of benzene rings is 2. The second-order valence-corrected chi connectivity index (χ2v) is 12.9. The zero-order chi connectivity index (χ0) is 29.0. The van der Waals surface area contributed by atoms with Gasteiger partial charge in [-0.3, -0.25) is 9.89 Å². The van der Waals surface area contributed by atoms with Gasteiger partial charge in [-0.25, -0.2) is 9.18 Å². The van der Waals surface area contributed by atoms with Crippen LogP contribution < -0.4 is 14.4 Å². The monoisotopic (exact) mass is 614 g/mol. The largest absolute Gasteiger partial charge is 0.485 e. The summed E-state index contributed by atoms with van der Waals surface area (Å²) < 4.78 is 32.8. The van der Waals surface area contributed by atoms with Gasteiger partial charge in [-0.05, 0) is 43.7 Å². The molecule has 5 atom stereocenters. The first-order valence-corrected chi connectivity index (χ1v) is 15.5. The molecule has 5 aliphatic rings. The van der Waals surface area contributed by atoms with Crippen molar-refractivity contribution in [2.45, 2.75) is 43.0 Å². The number of aliphatic imine (C=N–C) groups is 1. The number of piperazine rings is 1. The molecule has 2 aromatic carbocycles. The minimum Gasteiger partial charge on any atom is -0.485 e. The molecule has 9 nitrogen and oxygen atoms in total. The van der Waals surface area contributed by atoms with Crippen LogP contribution >= 0.6 is 23.4 Å². The van der Waals surface area contributed by atoms with E-state index in [1.807, 2.05) is 24.3 Å². The number of rotatable bonds is 7. The number of carboxylic acids is 1. The van der Waals surface area contributed by atoms with Crippen LogP contribution in [-0.2, 0) is 9.53 Å². The highest BCUT2D eigenvalue weighted by atomic mass is 35.5. The lowest BCUT2D eigenvalue weighted by Crippen LogP contribution is -2.55. The molecule has 5 heterocycles. The molecule has 0 radical (unpaired) electrons. The van der Waals surface area contributed by atoms with Gasteiger partial charge in [0.15, 0.2) is 17.6 Å². The molecule has 0 aliphatic carbocycles. The predicted molar refractivity (Wildman–Crippen MR) is 159 cm³/mol. The number of amidine groups is 1. The summed E-state index contributed by atoms with van der Waals surface area (Å²) in [6, 6.07) is 10.6. The van der Waals surface area contributed by atoms with Crippen molar-refractivity contribution >= 4 is 40.9 Å². The van der Waals surface area contributed by atoms with Gasteiger partial charge in [0.05, 0.1) is 29.3 Å². The summed E-state index contributed by atoms with van der Waals surface area (Å²) in [6.07, 6.45) is 2.44. The fourth-order valence-corrected chi connectivity index (χ4v) is 7.50. The Bertz CT molecular complexity index is 1450. The van der Waals surface area contributed by atoms with Crippen molar-refractivity contribution in [3.8, 4) is 11.5 Å². The molecule has 5 aliphatic heterocycles. The fraction of sp³-hybridized carbons (Fsp3) is 0.467. The quantitative estimate of drug-likeness (QED) is 0.487. The van der Waals surface area contributed by atoms with Crippen molar-refractivity contribution in [2.75, 3.05) is 50.8 Å². The Kier molecular flexibility index (Phi) is 7.46. The highest BCUT2D eigenvalue weighted by Crippen LogP contribution is 2.45. The minimum atomic E-state index is -0.891. The number of carbonyl (C=O) groups is 1. The second kappa shape index (κ2) is 11.3. The number of thioether (sulfide) groups is 1. The van der Waals surface area contributed by atoms with E-state index in [0.29, 0.717) is 33.5 Å². The molecule has 42 heavy (non-hydrogen) atoms. The maximum Gasteiger partial charge on any atom is 0.341 e. The van der Waals surface area contributed by atoms with E-state index in [2.05, 4.69) is 21.6 Å². The van der Waals surface area contributed by atoms with Crippen molar-refractivity contribution in [1.29, 1.82) is 0 Å². The van der Waals surface area contributed by atoms with Crippen molar-refractivity contribution in [2.24, 2.45) is 4.99 Å². The van der Waals surface area contributed by atoms with Crippen LogP contribution in [0.5, 0.6) is 11.5 Å². The molecule has 2 aromatic rings. The van der Waals surface area contributed by atoms with Crippen LogP contribution in [0.4, 0.5) is 10.1 Å². The molecule has 0 aromatic heterocycles. The Morgan fingerprint density at radius 1 is 1.26 bits per heavy atom. The molecule has 0 bridgehead atoms. The van der Waals surface area contributed by atoms with E-state index >= 15 is 0 Å². The zero-order valence-corrected chi connectivity index (χ0v) is 24.7. The molecule has 0 spiro atoms. The SMILES string of the molecule is C[C@H]1CN(c2cccc3c2O[C@H](c2ccc(Cl)cc2F)CO3)CCN1CC1=NC2SC(C(=O)O)=CC2N1C[C@@H]1CCO1. The molecule has 0 amide bonds. The summed E-state index contributed by atoms with van der Waals surface area (Å²) in [4.78, 5) is 23.9. The number of hydrogen-bond acceptors (Lipinski definition) is 9. The van der Waals surface area contributed by atoms with Crippen molar-refractivity contribution in [3.63, 3.8) is 0 Å². The average Bonchev–Trinajstić information content (AvgIpc) is 3.50. The summed E-state index contributed by atoms with van der Waals surface area (Å²) in [5, 5.41) is 9.72. The standard InChI is InChI=1S/C30H32ClFN4O5S/c1-17-13-35(22-3-2-4-24-28(22)41-25(16-40-24)20-6-5-18(31)11-21(20)32)9-8-34(17)15-27-33-29-23(12-26(42-29)30(37)38)36(27)14-19-7-10-39-19/h2-6,11-12,17,19,23,25,29H,7-10,13-16H2,1H3,(H,37,38)/t17-,19-,23?,25-,29?/m0/s1. The summed E-state index contributed by atoms with van der Waals surface area (Å²) in [6.45, 7) is 6.96. The van der Waals surface area contributed by atoms with Gasteiger partial charge in [0.1, 0.15) is 23.6 Å². The van der Waals surface area contributed by atoms with Crippen LogP contribution in [0.25, 0.3) is 0 Å². The van der Waals surface area contributed by atoms with E-state index in [4.69, 9.17) is 30.8 Å². The van der Waals surface area contributed by atoms with Gasteiger partial charge in [-0.2, -0.15) is 0 Å². The molecule has 2 fully saturated rings. The van der Waals surface area contributed by atoms with Crippen LogP contribution in [0.15, 0.2) is 52.4 Å². The second-order valence-electron chi connectivity index (χ2n) is 11.3. The lowest BCUT2D eigenvalue weighted by atomic mass is 10.1. The Balaban J connectivity index is 1.05. The maximum absolute atomic E-state index is 14.7. The third-order valence-electron chi connectivity index (χ3n) is 8.60. The number of hydrogen-bond donors (Lipinski definition) is 1. The van der Waals surface area contributed by atoms with Crippen molar-refractivity contribution in [3.05, 3.63) is 63.8 Å². The number of ether oxygens (including phenoxy) is 3. The molecule has 2 saturated heterocycles. The normalized spacial score (nSPS) is 28.7. The Morgan fingerprint density at radius 3 is 2.86 bits per heavy atom. The van der Waals surface area contributed by atoms with Crippen LogP contribution in [0.3, 0.4) is 0 Å². The number of fused-ring (bicyclic) bond motifs is 2. The van der Waals surface area contributed by atoms with Crippen LogP contribution in [0, 0.1) is 5.82 Å². The van der Waals surface area contributed by atoms with Crippen molar-refractivity contribution < 1.29 is 28.5 Å².